The number of aromatic nitrogens is 1. The Balaban J connectivity index is 2.49. The van der Waals surface area contributed by atoms with Gasteiger partial charge in [-0.3, -0.25) is 0 Å². The lowest BCUT2D eigenvalue weighted by molar-refractivity contribution is 0.430. The number of benzene rings is 1. The van der Waals surface area contributed by atoms with Crippen LogP contribution >= 0.6 is 31.9 Å². The van der Waals surface area contributed by atoms with E-state index in [-0.39, 0.29) is 10.8 Å². The number of hydrogen-bond donors (Lipinski definition) is 2. The highest BCUT2D eigenvalue weighted by Gasteiger charge is 2.24. The molecule has 0 atom stereocenters. The van der Waals surface area contributed by atoms with Crippen LogP contribution in [-0.2, 0) is 10.0 Å². The molecule has 20 heavy (non-hydrogen) atoms. The summed E-state index contributed by atoms with van der Waals surface area (Å²) in [5, 5.41) is 3.71. The minimum Gasteiger partial charge on any atom is -0.399 e. The first-order valence-corrected chi connectivity index (χ1v) is 8.49. The fraction of sp³-hybridized carbons (Fsp3) is 0.182. The molecule has 1 aromatic heterocycles. The average Bonchev–Trinajstić information content (AvgIpc) is 2.58. The number of nitrogen functional groups attached to an aromatic ring is 1. The molecule has 0 fully saturated rings. The van der Waals surface area contributed by atoms with Crippen molar-refractivity contribution >= 4 is 53.5 Å². The number of aryl methyl sites for hydroxylation is 1. The molecule has 0 unspecified atom stereocenters. The Hall–Kier alpha value is -1.06. The molecule has 0 saturated heterocycles. The van der Waals surface area contributed by atoms with E-state index in [1.807, 2.05) is 0 Å². The molecule has 3 N–H and O–H groups in total. The largest absolute Gasteiger partial charge is 0.399 e. The molecule has 0 bridgehead atoms. The highest BCUT2D eigenvalue weighted by Crippen LogP contribution is 2.34. The van der Waals surface area contributed by atoms with E-state index in [9.17, 15) is 8.42 Å². The van der Waals surface area contributed by atoms with Crippen LogP contribution in [0.4, 0.5) is 11.6 Å². The normalized spacial score (nSPS) is 11.6. The summed E-state index contributed by atoms with van der Waals surface area (Å²) in [7, 11) is -3.83. The number of halogens is 2. The SMILES string of the molecule is Cc1noc(NS(=O)(=O)c2c(Br)cc(N)cc2Br)c1C. The maximum Gasteiger partial charge on any atom is 0.266 e. The van der Waals surface area contributed by atoms with Crippen LogP contribution in [0.25, 0.3) is 0 Å². The molecule has 6 nitrogen and oxygen atoms in total. The van der Waals surface area contributed by atoms with Crippen molar-refractivity contribution in [2.75, 3.05) is 10.5 Å². The zero-order valence-corrected chi connectivity index (χ0v) is 14.6. The number of rotatable bonds is 3. The second-order valence-corrected chi connectivity index (χ2v) is 7.47. The van der Waals surface area contributed by atoms with Gasteiger partial charge in [0.15, 0.2) is 0 Å². The predicted molar refractivity (Wildman–Crippen MR) is 83.0 cm³/mol. The van der Waals surface area contributed by atoms with E-state index in [1.165, 1.54) is 12.1 Å². The molecule has 0 aliphatic carbocycles. The van der Waals surface area contributed by atoms with Crippen LogP contribution in [-0.4, -0.2) is 13.6 Å². The van der Waals surface area contributed by atoms with E-state index in [0.717, 1.165) is 0 Å². The summed E-state index contributed by atoms with van der Waals surface area (Å²) in [4.78, 5) is 0.0418. The third-order valence-corrected chi connectivity index (χ3v) is 5.88. The number of nitrogens with zero attached hydrogens (tertiary/aromatic N) is 1. The fourth-order valence-electron chi connectivity index (χ4n) is 1.52. The van der Waals surface area contributed by atoms with E-state index < -0.39 is 10.0 Å². The van der Waals surface area contributed by atoms with Gasteiger partial charge in [-0.1, -0.05) is 5.16 Å². The molecule has 108 valence electrons. The predicted octanol–water partition coefficient (Wildman–Crippen LogP) is 3.20. The highest BCUT2D eigenvalue weighted by molar-refractivity contribution is 9.11. The molecule has 0 saturated carbocycles. The molecular weight excluding hydrogens is 414 g/mol. The summed E-state index contributed by atoms with van der Waals surface area (Å²) in [6, 6.07) is 3.02. The van der Waals surface area contributed by atoms with Crippen molar-refractivity contribution < 1.29 is 12.9 Å². The molecule has 2 aromatic rings. The van der Waals surface area contributed by atoms with E-state index in [0.29, 0.717) is 25.9 Å². The number of nitrogens with one attached hydrogen (secondary N) is 1. The maximum absolute atomic E-state index is 12.4. The Bertz CT molecular complexity index is 748. The van der Waals surface area contributed by atoms with Crippen LogP contribution in [0.3, 0.4) is 0 Å². The van der Waals surface area contributed by atoms with E-state index in [1.54, 1.807) is 13.8 Å². The lowest BCUT2D eigenvalue weighted by Crippen LogP contribution is -2.14. The van der Waals surface area contributed by atoms with Gasteiger partial charge in [-0.05, 0) is 57.8 Å². The maximum atomic E-state index is 12.4. The minimum absolute atomic E-state index is 0.0418. The topological polar surface area (TPSA) is 98.2 Å². The van der Waals surface area contributed by atoms with Gasteiger partial charge in [0.25, 0.3) is 10.0 Å². The van der Waals surface area contributed by atoms with Gasteiger partial charge in [-0.25, -0.2) is 13.1 Å². The van der Waals surface area contributed by atoms with Crippen LogP contribution in [0, 0.1) is 13.8 Å². The van der Waals surface area contributed by atoms with Crippen LogP contribution in [0.15, 0.2) is 30.5 Å². The summed E-state index contributed by atoms with van der Waals surface area (Å²) < 4.78 is 32.9. The Labute approximate surface area is 133 Å². The zero-order valence-electron chi connectivity index (χ0n) is 10.6. The Morgan fingerprint density at radius 2 is 1.80 bits per heavy atom. The summed E-state index contributed by atoms with van der Waals surface area (Å²) >= 11 is 6.39. The summed E-state index contributed by atoms with van der Waals surface area (Å²) in [5.74, 6) is 0.0955. The highest BCUT2D eigenvalue weighted by atomic mass is 79.9. The molecule has 0 spiro atoms. The van der Waals surface area contributed by atoms with Crippen molar-refractivity contribution in [3.05, 3.63) is 32.3 Å². The first kappa shape index (κ1) is 15.3. The van der Waals surface area contributed by atoms with Gasteiger partial charge < -0.3 is 10.3 Å². The summed E-state index contributed by atoms with van der Waals surface area (Å²) in [5.41, 5.74) is 7.35. The van der Waals surface area contributed by atoms with Gasteiger partial charge in [0.1, 0.15) is 4.90 Å². The Morgan fingerprint density at radius 3 is 2.25 bits per heavy atom. The van der Waals surface area contributed by atoms with Gasteiger partial charge in [-0.15, -0.1) is 0 Å². The van der Waals surface area contributed by atoms with Crippen molar-refractivity contribution in [2.45, 2.75) is 18.7 Å². The molecule has 0 radical (unpaired) electrons. The first-order chi connectivity index (χ1) is 9.22. The lowest BCUT2D eigenvalue weighted by Gasteiger charge is -2.10. The van der Waals surface area contributed by atoms with E-state index >= 15 is 0 Å². The van der Waals surface area contributed by atoms with Gasteiger partial charge in [0.2, 0.25) is 5.88 Å². The third kappa shape index (κ3) is 2.84. The van der Waals surface area contributed by atoms with Crippen molar-refractivity contribution in [3.63, 3.8) is 0 Å². The molecule has 1 heterocycles. The minimum atomic E-state index is -3.83. The number of hydrogen-bond acceptors (Lipinski definition) is 5. The number of sulfonamides is 1. The fourth-order valence-corrected chi connectivity index (χ4v) is 5.19. The van der Waals surface area contributed by atoms with Crippen LogP contribution in [0.1, 0.15) is 11.3 Å². The van der Waals surface area contributed by atoms with Gasteiger partial charge in [0.05, 0.1) is 5.69 Å². The van der Waals surface area contributed by atoms with Crippen molar-refractivity contribution in [1.82, 2.24) is 5.16 Å². The molecule has 0 amide bonds. The number of nitrogens with two attached hydrogens (primary N) is 1. The summed E-state index contributed by atoms with van der Waals surface area (Å²) in [6.45, 7) is 3.45. The zero-order chi connectivity index (χ0) is 15.1. The lowest BCUT2D eigenvalue weighted by atomic mass is 10.3. The Kier molecular flexibility index (Phi) is 4.12. The molecule has 1 aromatic carbocycles. The third-order valence-electron chi connectivity index (χ3n) is 2.67. The van der Waals surface area contributed by atoms with E-state index in [4.69, 9.17) is 10.3 Å². The quantitative estimate of drug-likeness (QED) is 0.737. The van der Waals surface area contributed by atoms with Crippen molar-refractivity contribution in [2.24, 2.45) is 0 Å². The standard InChI is InChI=1S/C11H11Br2N3O3S/c1-5-6(2)15-19-11(5)16-20(17,18)10-8(12)3-7(14)4-9(10)13/h3-4,16H,14H2,1-2H3. The van der Waals surface area contributed by atoms with Crippen LogP contribution in [0.5, 0.6) is 0 Å². The molecule has 0 aliphatic rings. The van der Waals surface area contributed by atoms with Gasteiger partial charge in [-0.2, -0.15) is 0 Å². The van der Waals surface area contributed by atoms with Gasteiger partial charge >= 0.3 is 0 Å². The first-order valence-electron chi connectivity index (χ1n) is 5.42. The molecule has 2 rings (SSSR count). The van der Waals surface area contributed by atoms with Crippen LogP contribution in [0.2, 0.25) is 0 Å². The van der Waals surface area contributed by atoms with E-state index in [2.05, 4.69) is 41.7 Å². The van der Waals surface area contributed by atoms with Crippen molar-refractivity contribution in [3.8, 4) is 0 Å². The number of anilines is 2. The second-order valence-electron chi connectivity index (χ2n) is 4.14. The Morgan fingerprint density at radius 1 is 1.25 bits per heavy atom. The average molecular weight is 425 g/mol. The van der Waals surface area contributed by atoms with Gasteiger partial charge in [0, 0.05) is 20.2 Å². The molecular formula is C11H11Br2N3O3S. The summed E-state index contributed by atoms with van der Waals surface area (Å²) in [6.07, 6.45) is 0. The smallest absolute Gasteiger partial charge is 0.266 e. The monoisotopic (exact) mass is 423 g/mol. The second kappa shape index (κ2) is 5.38. The van der Waals surface area contributed by atoms with Crippen molar-refractivity contribution in [1.29, 1.82) is 0 Å². The molecule has 9 heteroatoms. The van der Waals surface area contributed by atoms with Crippen LogP contribution < -0.4 is 10.5 Å². The molecule has 0 aliphatic heterocycles.